The predicted molar refractivity (Wildman–Crippen MR) is 94.4 cm³/mol. The molecule has 0 N–H and O–H groups in total. The highest BCUT2D eigenvalue weighted by atomic mass is 16.2. The highest BCUT2D eigenvalue weighted by Crippen LogP contribution is 2.19. The molecule has 4 rings (SSSR count). The second kappa shape index (κ2) is 6.31. The van der Waals surface area contributed by atoms with Crippen LogP contribution in [0.2, 0.25) is 0 Å². The third-order valence-electron chi connectivity index (χ3n) is 4.84. The zero-order valence-electron chi connectivity index (χ0n) is 14.6. The third-order valence-corrected chi connectivity index (χ3v) is 4.84. The Morgan fingerprint density at radius 3 is 2.80 bits per heavy atom. The second-order valence-electron chi connectivity index (χ2n) is 6.54. The Bertz CT molecular complexity index is 919. The van der Waals surface area contributed by atoms with Gasteiger partial charge in [0.2, 0.25) is 0 Å². The Kier molecular flexibility index (Phi) is 3.99. The van der Waals surface area contributed by atoms with Crippen LogP contribution in [0, 0.1) is 6.92 Å². The molecule has 7 nitrogen and oxygen atoms in total. The number of carbonyl (C=O) groups is 1. The number of carbonyl (C=O) groups excluding carboxylic acids is 1. The van der Waals surface area contributed by atoms with E-state index in [2.05, 4.69) is 15.4 Å². The predicted octanol–water partition coefficient (Wildman–Crippen LogP) is 2.24. The van der Waals surface area contributed by atoms with Crippen LogP contribution in [0.4, 0.5) is 0 Å². The number of likely N-dealkylation sites (tertiary alicyclic amines) is 1. The summed E-state index contributed by atoms with van der Waals surface area (Å²) in [6, 6.07) is 5.75. The second-order valence-corrected chi connectivity index (χ2v) is 6.54. The van der Waals surface area contributed by atoms with Gasteiger partial charge in [-0.05, 0) is 44.9 Å². The lowest BCUT2D eigenvalue weighted by atomic mass is 10.1. The number of fused-ring (bicyclic) bond motifs is 1. The van der Waals surface area contributed by atoms with Gasteiger partial charge in [-0.25, -0.2) is 4.68 Å². The minimum absolute atomic E-state index is 0.122. The van der Waals surface area contributed by atoms with Crippen LogP contribution in [-0.2, 0) is 13.1 Å². The maximum absolute atomic E-state index is 12.6. The summed E-state index contributed by atoms with van der Waals surface area (Å²) in [5.74, 6) is 0.122. The van der Waals surface area contributed by atoms with Gasteiger partial charge in [0, 0.05) is 36.8 Å². The molecule has 1 aliphatic heterocycles. The van der Waals surface area contributed by atoms with Crippen molar-refractivity contribution in [3.05, 3.63) is 41.3 Å². The van der Waals surface area contributed by atoms with Gasteiger partial charge in [-0.2, -0.15) is 5.10 Å². The van der Waals surface area contributed by atoms with E-state index in [9.17, 15) is 4.79 Å². The molecule has 0 saturated carbocycles. The molecule has 1 fully saturated rings. The Morgan fingerprint density at radius 1 is 1.24 bits per heavy atom. The van der Waals surface area contributed by atoms with Crippen LogP contribution in [-0.4, -0.2) is 48.7 Å². The fourth-order valence-electron chi connectivity index (χ4n) is 3.42. The highest BCUT2D eigenvalue weighted by Gasteiger charge is 2.20. The van der Waals surface area contributed by atoms with E-state index in [-0.39, 0.29) is 5.91 Å². The first kappa shape index (κ1) is 15.8. The monoisotopic (exact) mass is 338 g/mol. The van der Waals surface area contributed by atoms with Crippen molar-refractivity contribution in [1.82, 2.24) is 29.7 Å². The molecule has 1 aliphatic rings. The van der Waals surface area contributed by atoms with Crippen LogP contribution in [0.1, 0.15) is 41.5 Å². The van der Waals surface area contributed by atoms with Gasteiger partial charge in [-0.3, -0.25) is 9.48 Å². The molecule has 1 aromatic carbocycles. The van der Waals surface area contributed by atoms with Gasteiger partial charge in [0.25, 0.3) is 5.91 Å². The number of amides is 1. The summed E-state index contributed by atoms with van der Waals surface area (Å²) in [4.78, 5) is 14.5. The lowest BCUT2D eigenvalue weighted by molar-refractivity contribution is 0.0793. The smallest absolute Gasteiger partial charge is 0.253 e. The number of aryl methyl sites for hydroxylation is 2. The summed E-state index contributed by atoms with van der Waals surface area (Å²) < 4.78 is 3.79. The van der Waals surface area contributed by atoms with Crippen LogP contribution in [0.25, 0.3) is 10.9 Å². The van der Waals surface area contributed by atoms with E-state index in [1.165, 1.54) is 0 Å². The lowest BCUT2D eigenvalue weighted by Crippen LogP contribution is -2.27. The summed E-state index contributed by atoms with van der Waals surface area (Å²) in [6.45, 7) is 7.15. The molecule has 0 aliphatic carbocycles. The molecule has 0 atom stereocenters. The van der Waals surface area contributed by atoms with E-state index in [4.69, 9.17) is 0 Å². The third kappa shape index (κ3) is 2.90. The maximum atomic E-state index is 12.6. The van der Waals surface area contributed by atoms with Gasteiger partial charge in [0.05, 0.1) is 23.4 Å². The molecule has 25 heavy (non-hydrogen) atoms. The topological polar surface area (TPSA) is 68.8 Å². The Hall–Kier alpha value is -2.70. The van der Waals surface area contributed by atoms with Crippen LogP contribution >= 0.6 is 0 Å². The summed E-state index contributed by atoms with van der Waals surface area (Å²) >= 11 is 0. The zero-order valence-corrected chi connectivity index (χ0v) is 14.6. The van der Waals surface area contributed by atoms with Crippen molar-refractivity contribution in [3.63, 3.8) is 0 Å². The number of hydrogen-bond acceptors (Lipinski definition) is 4. The average Bonchev–Trinajstić information content (AvgIpc) is 3.34. The molecule has 1 amide bonds. The molecule has 0 bridgehead atoms. The van der Waals surface area contributed by atoms with E-state index in [1.807, 2.05) is 52.5 Å². The standard InChI is InChI=1S/C18H22N6O/c1-3-24-17(13(2)19-21-24)12-23-11-15-10-14(6-7-16(15)20-23)18(25)22-8-4-5-9-22/h6-7,10-11H,3-5,8-9,12H2,1-2H3. The number of hydrogen-bond donors (Lipinski definition) is 0. The van der Waals surface area contributed by atoms with Gasteiger partial charge in [0.15, 0.2) is 0 Å². The van der Waals surface area contributed by atoms with Crippen LogP contribution in [0.15, 0.2) is 24.4 Å². The molecule has 0 spiro atoms. The van der Waals surface area contributed by atoms with E-state index in [0.717, 1.165) is 60.3 Å². The minimum Gasteiger partial charge on any atom is -0.339 e. The van der Waals surface area contributed by atoms with Gasteiger partial charge < -0.3 is 4.90 Å². The van der Waals surface area contributed by atoms with Gasteiger partial charge in [0.1, 0.15) is 0 Å². The first-order valence-corrected chi connectivity index (χ1v) is 8.81. The van der Waals surface area contributed by atoms with Crippen molar-refractivity contribution in [2.24, 2.45) is 0 Å². The minimum atomic E-state index is 0.122. The molecular formula is C18H22N6O. The first-order chi connectivity index (χ1) is 12.2. The van der Waals surface area contributed by atoms with Crippen molar-refractivity contribution in [2.45, 2.75) is 39.8 Å². The van der Waals surface area contributed by atoms with Crippen molar-refractivity contribution in [3.8, 4) is 0 Å². The van der Waals surface area contributed by atoms with Gasteiger partial charge in [-0.15, -0.1) is 5.10 Å². The van der Waals surface area contributed by atoms with Crippen molar-refractivity contribution in [2.75, 3.05) is 13.1 Å². The SMILES string of the molecule is CCn1nnc(C)c1Cn1cc2cc(C(=O)N3CCCC3)ccc2n1. The molecule has 7 heteroatoms. The van der Waals surface area contributed by atoms with Crippen LogP contribution in [0.3, 0.4) is 0 Å². The normalized spacial score (nSPS) is 14.6. The number of aromatic nitrogens is 5. The summed E-state index contributed by atoms with van der Waals surface area (Å²) in [7, 11) is 0. The Labute approximate surface area is 146 Å². The summed E-state index contributed by atoms with van der Waals surface area (Å²) in [5, 5.41) is 13.9. The average molecular weight is 338 g/mol. The van der Waals surface area contributed by atoms with Crippen molar-refractivity contribution in [1.29, 1.82) is 0 Å². The molecule has 1 saturated heterocycles. The first-order valence-electron chi connectivity index (χ1n) is 8.81. The van der Waals surface area contributed by atoms with Crippen LogP contribution < -0.4 is 0 Å². The fourth-order valence-corrected chi connectivity index (χ4v) is 3.42. The molecule has 0 unspecified atom stereocenters. The van der Waals surface area contributed by atoms with E-state index in [0.29, 0.717) is 6.54 Å². The highest BCUT2D eigenvalue weighted by molar-refractivity contribution is 5.98. The van der Waals surface area contributed by atoms with Crippen molar-refractivity contribution < 1.29 is 4.79 Å². The Morgan fingerprint density at radius 2 is 2.04 bits per heavy atom. The number of rotatable bonds is 4. The molecule has 3 heterocycles. The number of nitrogens with zero attached hydrogens (tertiary/aromatic N) is 6. The zero-order chi connectivity index (χ0) is 17.4. The van der Waals surface area contributed by atoms with Gasteiger partial charge >= 0.3 is 0 Å². The van der Waals surface area contributed by atoms with E-state index < -0.39 is 0 Å². The lowest BCUT2D eigenvalue weighted by Gasteiger charge is -2.14. The molecule has 0 radical (unpaired) electrons. The molecule has 3 aromatic rings. The number of benzene rings is 1. The van der Waals surface area contributed by atoms with E-state index in [1.54, 1.807) is 0 Å². The quantitative estimate of drug-likeness (QED) is 0.731. The summed E-state index contributed by atoms with van der Waals surface area (Å²) in [6.07, 6.45) is 4.19. The fraction of sp³-hybridized carbons (Fsp3) is 0.444. The van der Waals surface area contributed by atoms with Crippen molar-refractivity contribution >= 4 is 16.8 Å². The molecular weight excluding hydrogens is 316 g/mol. The van der Waals surface area contributed by atoms with E-state index >= 15 is 0 Å². The largest absolute Gasteiger partial charge is 0.339 e. The Balaban J connectivity index is 1.62. The maximum Gasteiger partial charge on any atom is 0.253 e. The van der Waals surface area contributed by atoms with Crippen LogP contribution in [0.5, 0.6) is 0 Å². The molecule has 2 aromatic heterocycles. The molecule has 130 valence electrons. The summed E-state index contributed by atoms with van der Waals surface area (Å²) in [5.41, 5.74) is 3.62. The van der Waals surface area contributed by atoms with Gasteiger partial charge in [-0.1, -0.05) is 5.21 Å².